The van der Waals surface area contributed by atoms with Crippen LogP contribution in [-0.2, 0) is 0 Å². The summed E-state index contributed by atoms with van der Waals surface area (Å²) in [5, 5.41) is 6.20. The Morgan fingerprint density at radius 2 is 1.97 bits per heavy atom. The van der Waals surface area contributed by atoms with E-state index in [0.717, 1.165) is 5.39 Å². The van der Waals surface area contributed by atoms with Crippen molar-refractivity contribution in [3.8, 4) is 23.1 Å². The molecular weight excluding hydrogens is 534 g/mol. The molecule has 9 heteroatoms. The van der Waals surface area contributed by atoms with Gasteiger partial charge in [0.1, 0.15) is 17.1 Å². The molecule has 0 aliphatic heterocycles. The molecule has 0 saturated carbocycles. The molecule has 0 radical (unpaired) electrons. The summed E-state index contributed by atoms with van der Waals surface area (Å²) in [6.45, 7) is 2.33. The number of halogens is 2. The Balaban J connectivity index is 1.74. The maximum absolute atomic E-state index is 13.5. The van der Waals surface area contributed by atoms with Gasteiger partial charge in [-0.05, 0) is 65.3 Å². The number of furan rings is 1. The van der Waals surface area contributed by atoms with Crippen LogP contribution in [0.2, 0.25) is 5.02 Å². The van der Waals surface area contributed by atoms with Gasteiger partial charge in [0, 0.05) is 10.6 Å². The Hall–Kier alpha value is -3.62. The molecule has 0 N–H and O–H groups in total. The average molecular weight is 553 g/mol. The molecule has 5 aromatic rings. The normalized spacial score (nSPS) is 11.5. The zero-order valence-corrected chi connectivity index (χ0v) is 21.1. The van der Waals surface area contributed by atoms with Crippen LogP contribution >= 0.6 is 27.5 Å². The molecule has 35 heavy (non-hydrogen) atoms. The highest BCUT2D eigenvalue weighted by Crippen LogP contribution is 2.34. The fourth-order valence-electron chi connectivity index (χ4n) is 3.81. The van der Waals surface area contributed by atoms with Crippen molar-refractivity contribution in [3.63, 3.8) is 0 Å². The highest BCUT2D eigenvalue weighted by Gasteiger charge is 2.18. The summed E-state index contributed by atoms with van der Waals surface area (Å²) in [5.41, 5.74) is 1.40. The predicted molar refractivity (Wildman–Crippen MR) is 141 cm³/mol. The van der Waals surface area contributed by atoms with Gasteiger partial charge < -0.3 is 13.9 Å². The van der Waals surface area contributed by atoms with Crippen LogP contribution in [0.15, 0.2) is 79.4 Å². The summed E-state index contributed by atoms with van der Waals surface area (Å²) in [7, 11) is 1.59. The first kappa shape index (κ1) is 23.1. The maximum atomic E-state index is 13.5. The molecule has 0 saturated heterocycles. The third-order valence-electron chi connectivity index (χ3n) is 5.35. The third kappa shape index (κ3) is 4.31. The molecule has 2 aromatic heterocycles. The van der Waals surface area contributed by atoms with Gasteiger partial charge >= 0.3 is 0 Å². The Labute approximate surface area is 213 Å². The van der Waals surface area contributed by atoms with E-state index in [4.69, 9.17) is 30.5 Å². The molecule has 0 unspecified atom stereocenters. The number of nitrogens with zero attached hydrogens (tertiary/aromatic N) is 3. The van der Waals surface area contributed by atoms with E-state index in [9.17, 15) is 4.79 Å². The summed E-state index contributed by atoms with van der Waals surface area (Å²) in [6, 6.07) is 17.8. The average Bonchev–Trinajstić information content (AvgIpc) is 3.29. The Morgan fingerprint density at radius 3 is 2.77 bits per heavy atom. The minimum absolute atomic E-state index is 0.252. The highest BCUT2D eigenvalue weighted by molar-refractivity contribution is 9.10. The van der Waals surface area contributed by atoms with Crippen molar-refractivity contribution < 1.29 is 13.9 Å². The fourth-order valence-corrected chi connectivity index (χ4v) is 4.75. The van der Waals surface area contributed by atoms with E-state index < -0.39 is 0 Å². The van der Waals surface area contributed by atoms with Gasteiger partial charge in [-0.25, -0.2) is 4.98 Å². The molecule has 5 rings (SSSR count). The second-order valence-electron chi connectivity index (χ2n) is 7.54. The molecule has 0 amide bonds. The van der Waals surface area contributed by atoms with Crippen LogP contribution in [0, 0.1) is 0 Å². The maximum Gasteiger partial charge on any atom is 0.282 e. The number of benzene rings is 3. The second-order valence-corrected chi connectivity index (χ2v) is 8.83. The standard InChI is InChI=1S/C26H19BrClN3O4/c1-3-34-24-15(11-16(28)12-19(24)27)14-29-31-25(30-20-8-5-4-7-17(20)26(31)32)23-13-18-21(33-2)9-6-10-22(18)35-23/h4-14H,3H2,1-2H3. The Kier molecular flexibility index (Phi) is 6.32. The van der Waals surface area contributed by atoms with E-state index >= 15 is 0 Å². The van der Waals surface area contributed by atoms with E-state index in [-0.39, 0.29) is 11.4 Å². The molecule has 3 aromatic carbocycles. The van der Waals surface area contributed by atoms with Crippen LogP contribution in [0.25, 0.3) is 33.5 Å². The zero-order chi connectivity index (χ0) is 24.5. The van der Waals surface area contributed by atoms with Crippen LogP contribution in [0.1, 0.15) is 12.5 Å². The van der Waals surface area contributed by atoms with E-state index in [1.54, 1.807) is 43.5 Å². The van der Waals surface area contributed by atoms with Crippen molar-refractivity contribution in [2.24, 2.45) is 5.10 Å². The number of ether oxygens (including phenoxy) is 2. The van der Waals surface area contributed by atoms with Gasteiger partial charge in [0.05, 0.1) is 40.7 Å². The molecule has 2 heterocycles. The number of rotatable bonds is 6. The Morgan fingerprint density at radius 1 is 1.14 bits per heavy atom. The van der Waals surface area contributed by atoms with E-state index in [1.807, 2.05) is 31.2 Å². The first-order valence-electron chi connectivity index (χ1n) is 10.7. The Bertz CT molecular complexity index is 1660. The van der Waals surface area contributed by atoms with Gasteiger partial charge in [-0.2, -0.15) is 9.78 Å². The fraction of sp³-hybridized carbons (Fsp3) is 0.115. The summed E-state index contributed by atoms with van der Waals surface area (Å²) >= 11 is 9.74. The predicted octanol–water partition coefficient (Wildman–Crippen LogP) is 6.52. The summed E-state index contributed by atoms with van der Waals surface area (Å²) in [6.07, 6.45) is 1.52. The van der Waals surface area contributed by atoms with Crippen molar-refractivity contribution in [2.75, 3.05) is 13.7 Å². The van der Waals surface area contributed by atoms with Crippen molar-refractivity contribution in [1.29, 1.82) is 0 Å². The summed E-state index contributed by atoms with van der Waals surface area (Å²) in [5.74, 6) is 1.85. The second kappa shape index (κ2) is 9.56. The van der Waals surface area contributed by atoms with E-state index in [1.165, 1.54) is 10.9 Å². The van der Waals surface area contributed by atoms with Crippen LogP contribution in [0.3, 0.4) is 0 Å². The van der Waals surface area contributed by atoms with Gasteiger partial charge in [0.25, 0.3) is 5.56 Å². The van der Waals surface area contributed by atoms with Crippen molar-refractivity contribution >= 4 is 55.6 Å². The lowest BCUT2D eigenvalue weighted by atomic mass is 10.2. The van der Waals surface area contributed by atoms with Gasteiger partial charge in [-0.15, -0.1) is 0 Å². The number of hydrogen-bond acceptors (Lipinski definition) is 6. The summed E-state index contributed by atoms with van der Waals surface area (Å²) in [4.78, 5) is 18.2. The van der Waals surface area contributed by atoms with Crippen molar-refractivity contribution in [1.82, 2.24) is 9.66 Å². The van der Waals surface area contributed by atoms with Crippen LogP contribution in [-0.4, -0.2) is 29.6 Å². The number of hydrogen-bond donors (Lipinski definition) is 0. The first-order chi connectivity index (χ1) is 17.0. The SMILES string of the molecule is CCOc1c(Br)cc(Cl)cc1C=Nn1c(-c2cc3c(OC)cccc3o2)nc2ccccc2c1=O. The number of fused-ring (bicyclic) bond motifs is 2. The molecule has 0 bridgehead atoms. The number of aromatic nitrogens is 2. The van der Waals surface area contributed by atoms with Gasteiger partial charge in [0.15, 0.2) is 5.76 Å². The molecule has 0 atom stereocenters. The van der Waals surface area contributed by atoms with Crippen LogP contribution in [0.5, 0.6) is 11.5 Å². The monoisotopic (exact) mass is 551 g/mol. The number of methoxy groups -OCH3 is 1. The van der Waals surface area contributed by atoms with Crippen molar-refractivity contribution in [2.45, 2.75) is 6.92 Å². The quantitative estimate of drug-likeness (QED) is 0.224. The van der Waals surface area contributed by atoms with E-state index in [0.29, 0.717) is 55.4 Å². The third-order valence-corrected chi connectivity index (χ3v) is 6.16. The first-order valence-corrected chi connectivity index (χ1v) is 11.9. The smallest absolute Gasteiger partial charge is 0.282 e. The lowest BCUT2D eigenvalue weighted by Crippen LogP contribution is -2.20. The summed E-state index contributed by atoms with van der Waals surface area (Å²) < 4.78 is 19.2. The molecule has 0 fully saturated rings. The van der Waals surface area contributed by atoms with Gasteiger partial charge in [0.2, 0.25) is 5.82 Å². The largest absolute Gasteiger partial charge is 0.496 e. The minimum atomic E-state index is -0.340. The highest BCUT2D eigenvalue weighted by atomic mass is 79.9. The van der Waals surface area contributed by atoms with E-state index in [2.05, 4.69) is 21.0 Å². The lowest BCUT2D eigenvalue weighted by molar-refractivity contribution is 0.337. The molecule has 7 nitrogen and oxygen atoms in total. The minimum Gasteiger partial charge on any atom is -0.496 e. The van der Waals surface area contributed by atoms with Crippen molar-refractivity contribution in [3.05, 3.63) is 86.1 Å². The van der Waals surface area contributed by atoms with Crippen LogP contribution < -0.4 is 15.0 Å². The molecule has 176 valence electrons. The van der Waals surface area contributed by atoms with Gasteiger partial charge in [-0.3, -0.25) is 4.79 Å². The molecule has 0 spiro atoms. The van der Waals surface area contributed by atoms with Crippen LogP contribution in [0.4, 0.5) is 0 Å². The topological polar surface area (TPSA) is 78.8 Å². The molecular formula is C26H19BrClN3O4. The molecule has 0 aliphatic carbocycles. The lowest BCUT2D eigenvalue weighted by Gasteiger charge is -2.11. The molecule has 0 aliphatic rings. The number of para-hydroxylation sites is 1. The zero-order valence-electron chi connectivity index (χ0n) is 18.8. The van der Waals surface area contributed by atoms with Gasteiger partial charge in [-0.1, -0.05) is 29.8 Å².